The van der Waals surface area contributed by atoms with Gasteiger partial charge in [-0.1, -0.05) is 11.6 Å². The first kappa shape index (κ1) is 16.0. The number of H-pyrrole nitrogens is 2. The lowest BCUT2D eigenvalue weighted by Gasteiger charge is -2.03. The lowest BCUT2D eigenvalue weighted by atomic mass is 10.1. The van der Waals surface area contributed by atoms with E-state index in [0.29, 0.717) is 9.50 Å². The quantitative estimate of drug-likeness (QED) is 0.548. The van der Waals surface area contributed by atoms with Crippen LogP contribution in [0.1, 0.15) is 11.3 Å². The van der Waals surface area contributed by atoms with Gasteiger partial charge in [0.05, 0.1) is 9.40 Å². The van der Waals surface area contributed by atoms with Gasteiger partial charge in [0.2, 0.25) is 0 Å². The average Bonchev–Trinajstić information content (AvgIpc) is 2.39. The normalized spacial score (nSPS) is 11.0. The molecule has 0 saturated carbocycles. The van der Waals surface area contributed by atoms with Gasteiger partial charge in [-0.25, -0.2) is 4.79 Å². The topological polar surface area (TPSA) is 129 Å². The predicted molar refractivity (Wildman–Crippen MR) is 84.1 cm³/mol. The van der Waals surface area contributed by atoms with Crippen molar-refractivity contribution in [3.63, 3.8) is 0 Å². The Hall–Kier alpha value is -2.39. The van der Waals surface area contributed by atoms with E-state index in [4.69, 9.17) is 11.6 Å². The highest BCUT2D eigenvalue weighted by Gasteiger charge is 2.19. The summed E-state index contributed by atoms with van der Waals surface area (Å²) >= 11 is 8.93. The van der Waals surface area contributed by atoms with Crippen LogP contribution in [-0.4, -0.2) is 20.0 Å². The fourth-order valence-electron chi connectivity index (χ4n) is 1.69. The van der Waals surface area contributed by atoms with Gasteiger partial charge in [0.1, 0.15) is 11.4 Å². The van der Waals surface area contributed by atoms with Crippen LogP contribution in [0.4, 0.5) is 5.69 Å². The molecule has 2 rings (SSSR count). The van der Waals surface area contributed by atoms with Gasteiger partial charge in [-0.3, -0.25) is 19.9 Å². The number of benzene rings is 1. The van der Waals surface area contributed by atoms with Crippen LogP contribution in [-0.2, 0) is 0 Å². The smallest absolute Gasteiger partial charge is 0.357 e. The van der Waals surface area contributed by atoms with Crippen molar-refractivity contribution in [1.29, 1.82) is 0 Å². The van der Waals surface area contributed by atoms with Gasteiger partial charge < -0.3 is 10.1 Å². The molecule has 0 bridgehead atoms. The Morgan fingerprint density at radius 3 is 2.59 bits per heavy atom. The summed E-state index contributed by atoms with van der Waals surface area (Å²) in [6.07, 6.45) is 2.41. The Balaban J connectivity index is 2.59. The molecule has 0 fully saturated rings. The number of nitrogens with zero attached hydrogens (tertiary/aromatic N) is 1. The zero-order valence-electron chi connectivity index (χ0n) is 10.6. The molecule has 114 valence electrons. The van der Waals surface area contributed by atoms with Gasteiger partial charge >= 0.3 is 16.9 Å². The SMILES string of the molecule is O=c1[nH]c(C=Cc2cc(Cl)cc(Br)c2O)c([N+](=O)[O-])c(=O)[nH]1. The van der Waals surface area contributed by atoms with E-state index in [1.807, 2.05) is 0 Å². The Morgan fingerprint density at radius 2 is 1.95 bits per heavy atom. The van der Waals surface area contributed by atoms with E-state index in [2.05, 4.69) is 20.9 Å². The number of hydrogen-bond acceptors (Lipinski definition) is 5. The maximum Gasteiger partial charge on any atom is 0.357 e. The molecule has 0 aliphatic heterocycles. The summed E-state index contributed by atoms with van der Waals surface area (Å²) in [5.74, 6) is -0.143. The van der Waals surface area contributed by atoms with Crippen LogP contribution < -0.4 is 11.2 Å². The van der Waals surface area contributed by atoms with Crippen molar-refractivity contribution in [2.75, 3.05) is 0 Å². The van der Waals surface area contributed by atoms with Crippen molar-refractivity contribution < 1.29 is 10.0 Å². The lowest BCUT2D eigenvalue weighted by Crippen LogP contribution is -2.25. The number of rotatable bonds is 3. The monoisotopic (exact) mass is 387 g/mol. The minimum absolute atomic E-state index is 0.143. The second-order valence-electron chi connectivity index (χ2n) is 4.09. The average molecular weight is 389 g/mol. The van der Waals surface area contributed by atoms with E-state index in [1.54, 1.807) is 4.98 Å². The molecule has 0 aliphatic carbocycles. The van der Waals surface area contributed by atoms with E-state index in [0.717, 1.165) is 6.08 Å². The Labute approximate surface area is 135 Å². The summed E-state index contributed by atoms with van der Waals surface area (Å²) in [5.41, 5.74) is -2.86. The highest BCUT2D eigenvalue weighted by Crippen LogP contribution is 2.32. The molecule has 8 nitrogen and oxygen atoms in total. The number of phenolic OH excluding ortho intramolecular Hbond substituents is 1. The van der Waals surface area contributed by atoms with Gasteiger partial charge in [-0.15, -0.1) is 0 Å². The van der Waals surface area contributed by atoms with Crippen molar-refractivity contribution in [2.45, 2.75) is 0 Å². The molecule has 0 aliphatic rings. The summed E-state index contributed by atoms with van der Waals surface area (Å²) in [6, 6.07) is 2.88. The minimum atomic E-state index is -1.12. The first-order chi connectivity index (χ1) is 10.3. The standard InChI is InChI=1S/C12H7BrClN3O5/c13-7-4-6(14)3-5(10(7)18)1-2-8-9(17(21)22)11(19)16-12(20)15-8/h1-4,18H,(H2,15,16,19,20). The number of phenols is 1. The molecule has 1 aromatic carbocycles. The maximum absolute atomic E-state index is 11.5. The number of nitro groups is 1. The molecule has 0 amide bonds. The lowest BCUT2D eigenvalue weighted by molar-refractivity contribution is -0.386. The number of hydrogen-bond donors (Lipinski definition) is 3. The van der Waals surface area contributed by atoms with Crippen molar-refractivity contribution >= 4 is 45.4 Å². The van der Waals surface area contributed by atoms with Crippen molar-refractivity contribution in [3.05, 3.63) is 63.8 Å². The first-order valence-electron chi connectivity index (χ1n) is 5.66. The van der Waals surface area contributed by atoms with Crippen LogP contribution in [0.2, 0.25) is 5.02 Å². The van der Waals surface area contributed by atoms with Crippen LogP contribution in [0.3, 0.4) is 0 Å². The van der Waals surface area contributed by atoms with E-state index < -0.39 is 21.9 Å². The van der Waals surface area contributed by atoms with Crippen LogP contribution in [0.15, 0.2) is 26.2 Å². The first-order valence-corrected chi connectivity index (χ1v) is 6.83. The second-order valence-corrected chi connectivity index (χ2v) is 5.38. The third-order valence-electron chi connectivity index (χ3n) is 2.62. The third kappa shape index (κ3) is 3.26. The summed E-state index contributed by atoms with van der Waals surface area (Å²) < 4.78 is 0.327. The predicted octanol–water partition coefficient (Wildman–Crippen LogP) is 2.26. The zero-order valence-corrected chi connectivity index (χ0v) is 12.9. The van der Waals surface area contributed by atoms with Crippen LogP contribution in [0.25, 0.3) is 12.2 Å². The molecule has 0 saturated heterocycles. The van der Waals surface area contributed by atoms with Gasteiger partial charge in [0, 0.05) is 10.6 Å². The van der Waals surface area contributed by atoms with E-state index in [1.165, 1.54) is 18.2 Å². The highest BCUT2D eigenvalue weighted by atomic mass is 79.9. The van der Waals surface area contributed by atoms with E-state index >= 15 is 0 Å². The Morgan fingerprint density at radius 1 is 1.27 bits per heavy atom. The molecule has 2 aromatic rings. The summed E-state index contributed by atoms with van der Waals surface area (Å²) in [6.45, 7) is 0. The molecule has 3 N–H and O–H groups in total. The molecule has 0 spiro atoms. The van der Waals surface area contributed by atoms with Crippen molar-refractivity contribution in [3.8, 4) is 5.75 Å². The van der Waals surface area contributed by atoms with Crippen LogP contribution in [0, 0.1) is 10.1 Å². The van der Waals surface area contributed by atoms with Gasteiger partial charge in [-0.05, 0) is 40.2 Å². The number of halogens is 2. The molecular formula is C12H7BrClN3O5. The third-order valence-corrected chi connectivity index (χ3v) is 3.44. The van der Waals surface area contributed by atoms with Gasteiger partial charge in [0.25, 0.3) is 0 Å². The van der Waals surface area contributed by atoms with Gasteiger partial charge in [-0.2, -0.15) is 0 Å². The molecular weight excluding hydrogens is 382 g/mol. The minimum Gasteiger partial charge on any atom is -0.506 e. The highest BCUT2D eigenvalue weighted by molar-refractivity contribution is 9.10. The summed E-state index contributed by atoms with van der Waals surface area (Å²) in [5, 5.41) is 21.1. The fraction of sp³-hybridized carbons (Fsp3) is 0. The van der Waals surface area contributed by atoms with E-state index in [9.17, 15) is 24.8 Å². The van der Waals surface area contributed by atoms with Crippen LogP contribution >= 0.6 is 27.5 Å². The molecule has 0 radical (unpaired) electrons. The Bertz CT molecular complexity index is 903. The molecule has 10 heteroatoms. The summed E-state index contributed by atoms with van der Waals surface area (Å²) in [4.78, 5) is 36.6. The number of nitrogens with one attached hydrogen (secondary N) is 2. The zero-order chi connectivity index (χ0) is 16.4. The maximum atomic E-state index is 11.5. The molecule has 0 unspecified atom stereocenters. The molecule has 22 heavy (non-hydrogen) atoms. The largest absolute Gasteiger partial charge is 0.506 e. The second kappa shape index (κ2) is 6.16. The summed E-state index contributed by atoms with van der Waals surface area (Å²) in [7, 11) is 0. The number of aromatic hydroxyl groups is 1. The van der Waals surface area contributed by atoms with Crippen molar-refractivity contribution in [1.82, 2.24) is 9.97 Å². The fourth-order valence-corrected chi connectivity index (χ4v) is 2.52. The van der Waals surface area contributed by atoms with Gasteiger partial charge in [0.15, 0.2) is 0 Å². The van der Waals surface area contributed by atoms with E-state index in [-0.39, 0.29) is 17.0 Å². The Kier molecular flexibility index (Phi) is 4.48. The number of aromatic nitrogens is 2. The molecule has 1 heterocycles. The van der Waals surface area contributed by atoms with Crippen molar-refractivity contribution in [2.24, 2.45) is 0 Å². The van der Waals surface area contributed by atoms with Crippen LogP contribution in [0.5, 0.6) is 5.75 Å². The number of aromatic amines is 2. The molecule has 0 atom stereocenters. The molecule has 1 aromatic heterocycles.